The van der Waals surface area contributed by atoms with Crippen LogP contribution >= 0.6 is 0 Å². The lowest BCUT2D eigenvalue weighted by Crippen LogP contribution is -2.21. The van der Waals surface area contributed by atoms with Crippen LogP contribution in [0.4, 0.5) is 0 Å². The van der Waals surface area contributed by atoms with E-state index in [-0.39, 0.29) is 30.2 Å². The molecule has 5 heteroatoms. The van der Waals surface area contributed by atoms with Crippen LogP contribution in [-0.2, 0) is 14.6 Å². The lowest BCUT2D eigenvalue weighted by atomic mass is 10.1. The molecule has 2 aromatic rings. The molecule has 1 unspecified atom stereocenters. The number of rotatable bonds is 8. The summed E-state index contributed by atoms with van der Waals surface area (Å²) in [5.74, 6) is -0.677. The normalized spacial score (nSPS) is 12.5. The molecule has 1 atom stereocenters. The van der Waals surface area contributed by atoms with Crippen LogP contribution < -0.4 is 0 Å². The van der Waals surface area contributed by atoms with E-state index >= 15 is 0 Å². The first-order valence-electron chi connectivity index (χ1n) is 7.74. The van der Waals surface area contributed by atoms with E-state index in [0.717, 1.165) is 0 Å². The molecule has 0 heterocycles. The minimum Gasteiger partial charge on any atom is -0.300 e. The number of ketones is 2. The maximum atomic E-state index is 12.7. The van der Waals surface area contributed by atoms with Crippen molar-refractivity contribution in [2.24, 2.45) is 0 Å². The molecule has 0 bridgehead atoms. The van der Waals surface area contributed by atoms with Gasteiger partial charge in [-0.2, -0.15) is 0 Å². The van der Waals surface area contributed by atoms with Gasteiger partial charge in [-0.05, 0) is 12.5 Å². The first-order chi connectivity index (χ1) is 11.4. The van der Waals surface area contributed by atoms with Crippen molar-refractivity contribution in [3.63, 3.8) is 0 Å². The Labute approximate surface area is 142 Å². The molecule has 0 spiro atoms. The first-order valence-corrected chi connectivity index (χ1v) is 9.46. The lowest BCUT2D eigenvalue weighted by Gasteiger charge is -2.17. The van der Waals surface area contributed by atoms with E-state index in [2.05, 4.69) is 0 Å². The minimum absolute atomic E-state index is 0.0775. The zero-order valence-electron chi connectivity index (χ0n) is 13.5. The number of carbonyl (C=O) groups excluding carboxylic acids is 2. The molecular formula is C19H20O4S. The number of Topliss-reactive ketones (excluding diaryl/α,β-unsaturated/α-hetero) is 2. The average molecular weight is 344 g/mol. The van der Waals surface area contributed by atoms with Crippen LogP contribution in [0.15, 0.2) is 60.7 Å². The lowest BCUT2D eigenvalue weighted by molar-refractivity contribution is -0.117. The number of carbonyl (C=O) groups is 2. The number of sulfone groups is 1. The maximum absolute atomic E-state index is 12.7. The summed E-state index contributed by atoms with van der Waals surface area (Å²) in [4.78, 5) is 23.6. The number of benzene rings is 2. The minimum atomic E-state index is -3.62. The van der Waals surface area contributed by atoms with Gasteiger partial charge in [0.05, 0.1) is 11.0 Å². The van der Waals surface area contributed by atoms with Crippen molar-refractivity contribution in [2.45, 2.75) is 25.0 Å². The summed E-state index contributed by atoms with van der Waals surface area (Å²) in [7, 11) is -3.62. The second-order valence-electron chi connectivity index (χ2n) is 5.71. The summed E-state index contributed by atoms with van der Waals surface area (Å²) in [5.41, 5.74) is 1.08. The fourth-order valence-electron chi connectivity index (χ4n) is 2.53. The molecule has 0 aliphatic heterocycles. The van der Waals surface area contributed by atoms with Gasteiger partial charge >= 0.3 is 0 Å². The third-order valence-electron chi connectivity index (χ3n) is 3.79. The predicted molar refractivity (Wildman–Crippen MR) is 93.7 cm³/mol. The SMILES string of the molecule is CC(=O)CC(c1ccccc1)S(=O)(=O)CCC(=O)c1ccccc1. The summed E-state index contributed by atoms with van der Waals surface area (Å²) in [6, 6.07) is 17.3. The Morgan fingerprint density at radius 2 is 1.46 bits per heavy atom. The zero-order valence-corrected chi connectivity index (χ0v) is 14.3. The molecule has 0 fully saturated rings. The summed E-state index contributed by atoms with van der Waals surface area (Å²) >= 11 is 0. The van der Waals surface area contributed by atoms with E-state index in [1.165, 1.54) is 6.92 Å². The van der Waals surface area contributed by atoms with Gasteiger partial charge in [-0.25, -0.2) is 8.42 Å². The molecule has 0 amide bonds. The van der Waals surface area contributed by atoms with Crippen molar-refractivity contribution in [1.29, 1.82) is 0 Å². The second kappa shape index (κ2) is 8.02. The average Bonchev–Trinajstić information content (AvgIpc) is 2.59. The Morgan fingerprint density at radius 1 is 0.917 bits per heavy atom. The third-order valence-corrected chi connectivity index (χ3v) is 5.87. The highest BCUT2D eigenvalue weighted by Crippen LogP contribution is 2.27. The molecule has 0 N–H and O–H groups in total. The third kappa shape index (κ3) is 4.86. The Bertz CT molecular complexity index is 796. The Morgan fingerprint density at radius 3 is 2.00 bits per heavy atom. The van der Waals surface area contributed by atoms with Gasteiger partial charge < -0.3 is 0 Å². The number of hydrogen-bond donors (Lipinski definition) is 0. The summed E-state index contributed by atoms with van der Waals surface area (Å²) in [6.45, 7) is 1.38. The molecule has 126 valence electrons. The fraction of sp³-hybridized carbons (Fsp3) is 0.263. The van der Waals surface area contributed by atoms with Crippen molar-refractivity contribution >= 4 is 21.4 Å². The molecule has 0 aliphatic rings. The molecule has 0 radical (unpaired) electrons. The van der Waals surface area contributed by atoms with Crippen LogP contribution in [0.1, 0.15) is 40.9 Å². The molecule has 2 aromatic carbocycles. The van der Waals surface area contributed by atoms with Gasteiger partial charge in [-0.1, -0.05) is 60.7 Å². The van der Waals surface area contributed by atoms with Crippen molar-refractivity contribution in [3.05, 3.63) is 71.8 Å². The summed E-state index contributed by atoms with van der Waals surface area (Å²) in [5, 5.41) is -0.903. The highest BCUT2D eigenvalue weighted by Gasteiger charge is 2.29. The van der Waals surface area contributed by atoms with E-state index in [0.29, 0.717) is 11.1 Å². The van der Waals surface area contributed by atoms with E-state index in [9.17, 15) is 18.0 Å². The molecule has 24 heavy (non-hydrogen) atoms. The molecular weight excluding hydrogens is 324 g/mol. The van der Waals surface area contributed by atoms with Crippen LogP contribution in [0, 0.1) is 0 Å². The van der Waals surface area contributed by atoms with E-state index in [1.807, 2.05) is 0 Å². The van der Waals surface area contributed by atoms with Gasteiger partial charge in [0.1, 0.15) is 5.78 Å². The summed E-state index contributed by atoms with van der Waals surface area (Å²) in [6.07, 6.45) is -0.167. The van der Waals surface area contributed by atoms with Gasteiger partial charge in [0.15, 0.2) is 15.6 Å². The quantitative estimate of drug-likeness (QED) is 0.688. The largest absolute Gasteiger partial charge is 0.300 e. The predicted octanol–water partition coefficient (Wildman–Crippen LogP) is 3.39. The highest BCUT2D eigenvalue weighted by molar-refractivity contribution is 7.91. The van der Waals surface area contributed by atoms with Crippen LogP contribution in [0.2, 0.25) is 0 Å². The molecule has 0 aliphatic carbocycles. The van der Waals surface area contributed by atoms with Gasteiger partial charge in [-0.15, -0.1) is 0 Å². The topological polar surface area (TPSA) is 68.3 Å². The van der Waals surface area contributed by atoms with Crippen molar-refractivity contribution in [1.82, 2.24) is 0 Å². The molecule has 0 saturated carbocycles. The van der Waals surface area contributed by atoms with Gasteiger partial charge in [0.25, 0.3) is 0 Å². The summed E-state index contributed by atoms with van der Waals surface area (Å²) < 4.78 is 25.4. The molecule has 0 saturated heterocycles. The van der Waals surface area contributed by atoms with Crippen LogP contribution in [-0.4, -0.2) is 25.7 Å². The van der Waals surface area contributed by atoms with Crippen LogP contribution in [0.25, 0.3) is 0 Å². The second-order valence-corrected chi connectivity index (χ2v) is 8.01. The smallest absolute Gasteiger partial charge is 0.163 e. The Balaban J connectivity index is 2.16. The molecule has 4 nitrogen and oxygen atoms in total. The zero-order chi connectivity index (χ0) is 17.6. The van der Waals surface area contributed by atoms with Crippen LogP contribution in [0.5, 0.6) is 0 Å². The Hall–Kier alpha value is -2.27. The number of hydrogen-bond acceptors (Lipinski definition) is 4. The van der Waals surface area contributed by atoms with E-state index in [4.69, 9.17) is 0 Å². The highest BCUT2D eigenvalue weighted by atomic mass is 32.2. The first kappa shape index (κ1) is 18.1. The van der Waals surface area contributed by atoms with Crippen molar-refractivity contribution in [3.8, 4) is 0 Å². The monoisotopic (exact) mass is 344 g/mol. The van der Waals surface area contributed by atoms with Crippen LogP contribution in [0.3, 0.4) is 0 Å². The standard InChI is InChI=1S/C19H20O4S/c1-15(20)14-19(17-10-6-3-7-11-17)24(22,23)13-12-18(21)16-8-4-2-5-9-16/h2-11,19H,12-14H2,1H3. The maximum Gasteiger partial charge on any atom is 0.163 e. The van der Waals surface area contributed by atoms with Crippen molar-refractivity contribution in [2.75, 3.05) is 5.75 Å². The van der Waals surface area contributed by atoms with Gasteiger partial charge in [0, 0.05) is 18.4 Å². The van der Waals surface area contributed by atoms with Crippen molar-refractivity contribution < 1.29 is 18.0 Å². The fourth-order valence-corrected chi connectivity index (χ4v) is 4.34. The van der Waals surface area contributed by atoms with E-state index in [1.54, 1.807) is 60.7 Å². The molecule has 2 rings (SSSR count). The van der Waals surface area contributed by atoms with E-state index < -0.39 is 15.1 Å². The molecule has 0 aromatic heterocycles. The van der Waals surface area contributed by atoms with Gasteiger partial charge in [0.2, 0.25) is 0 Å². The Kier molecular flexibility index (Phi) is 6.04. The van der Waals surface area contributed by atoms with Gasteiger partial charge in [-0.3, -0.25) is 9.59 Å².